The van der Waals surface area contributed by atoms with Gasteiger partial charge in [0.2, 0.25) is 0 Å². The monoisotopic (exact) mass is 324 g/mol. The van der Waals surface area contributed by atoms with E-state index in [9.17, 15) is 9.59 Å². The molecule has 23 heavy (non-hydrogen) atoms. The van der Waals surface area contributed by atoms with Gasteiger partial charge < -0.3 is 9.47 Å². The molecular formula is C19H32O4. The van der Waals surface area contributed by atoms with Crippen LogP contribution in [0.2, 0.25) is 0 Å². The number of carbonyl (C=O) groups excluding carboxylic acids is 2. The minimum atomic E-state index is -0.566. The van der Waals surface area contributed by atoms with Gasteiger partial charge in [-0.15, -0.1) is 6.58 Å². The van der Waals surface area contributed by atoms with Crippen molar-refractivity contribution < 1.29 is 19.1 Å². The Morgan fingerprint density at radius 1 is 1.13 bits per heavy atom. The van der Waals surface area contributed by atoms with Crippen LogP contribution in [-0.4, -0.2) is 25.7 Å². The van der Waals surface area contributed by atoms with Crippen molar-refractivity contribution in [1.29, 1.82) is 0 Å². The summed E-state index contributed by atoms with van der Waals surface area (Å²) in [5.74, 6) is -1.38. The zero-order valence-electron chi connectivity index (χ0n) is 15.4. The van der Waals surface area contributed by atoms with Crippen molar-refractivity contribution in [1.82, 2.24) is 0 Å². The Labute approximate surface area is 140 Å². The molecule has 0 aliphatic heterocycles. The van der Waals surface area contributed by atoms with E-state index in [2.05, 4.69) is 20.4 Å². The molecule has 0 saturated heterocycles. The van der Waals surface area contributed by atoms with E-state index in [1.807, 2.05) is 32.9 Å². The highest BCUT2D eigenvalue weighted by atomic mass is 16.5. The lowest BCUT2D eigenvalue weighted by Gasteiger charge is -2.30. The van der Waals surface area contributed by atoms with Gasteiger partial charge in [-0.2, -0.15) is 0 Å². The van der Waals surface area contributed by atoms with Crippen molar-refractivity contribution in [3.05, 3.63) is 24.8 Å². The van der Waals surface area contributed by atoms with Gasteiger partial charge >= 0.3 is 11.9 Å². The lowest BCUT2D eigenvalue weighted by atomic mass is 9.75. The molecule has 3 atom stereocenters. The Morgan fingerprint density at radius 3 is 2.13 bits per heavy atom. The number of esters is 2. The lowest BCUT2D eigenvalue weighted by Crippen LogP contribution is -2.38. The highest BCUT2D eigenvalue weighted by Gasteiger charge is 2.40. The largest absolute Gasteiger partial charge is 0.469 e. The molecule has 0 spiro atoms. The fourth-order valence-corrected chi connectivity index (χ4v) is 2.69. The van der Waals surface area contributed by atoms with E-state index in [1.165, 1.54) is 7.11 Å². The summed E-state index contributed by atoms with van der Waals surface area (Å²) in [6, 6.07) is 0. The number of allylic oxidation sites excluding steroid dienone is 2. The van der Waals surface area contributed by atoms with Gasteiger partial charge in [-0.3, -0.25) is 9.59 Å². The number of ether oxygens (including phenoxy) is 2. The molecule has 0 aromatic heterocycles. The molecule has 0 rings (SSSR count). The minimum absolute atomic E-state index is 0.133. The third-order valence-electron chi connectivity index (χ3n) is 3.95. The van der Waals surface area contributed by atoms with Gasteiger partial charge in [-0.05, 0) is 24.2 Å². The van der Waals surface area contributed by atoms with E-state index >= 15 is 0 Å². The zero-order chi connectivity index (χ0) is 18.0. The molecule has 4 nitrogen and oxygen atoms in total. The molecule has 0 aliphatic carbocycles. The Balaban J connectivity index is 5.18. The van der Waals surface area contributed by atoms with Crippen LogP contribution in [0.15, 0.2) is 24.8 Å². The van der Waals surface area contributed by atoms with E-state index in [0.29, 0.717) is 12.3 Å². The maximum Gasteiger partial charge on any atom is 0.310 e. The van der Waals surface area contributed by atoms with Crippen molar-refractivity contribution in [2.24, 2.45) is 29.6 Å². The second kappa shape index (κ2) is 11.0. The van der Waals surface area contributed by atoms with E-state index in [4.69, 9.17) is 9.47 Å². The molecule has 0 amide bonds. The number of methoxy groups -OCH3 is 1. The van der Waals surface area contributed by atoms with E-state index in [0.717, 1.165) is 0 Å². The van der Waals surface area contributed by atoms with Gasteiger partial charge in [0, 0.05) is 0 Å². The first-order chi connectivity index (χ1) is 10.8. The maximum atomic E-state index is 12.4. The maximum absolute atomic E-state index is 12.4. The van der Waals surface area contributed by atoms with Crippen LogP contribution < -0.4 is 0 Å². The van der Waals surface area contributed by atoms with Crippen molar-refractivity contribution in [3.63, 3.8) is 0 Å². The average Bonchev–Trinajstić information content (AvgIpc) is 2.50. The lowest BCUT2D eigenvalue weighted by molar-refractivity contribution is -0.161. The smallest absolute Gasteiger partial charge is 0.310 e. The van der Waals surface area contributed by atoms with Crippen molar-refractivity contribution in [2.75, 3.05) is 13.7 Å². The highest BCUT2D eigenvalue weighted by molar-refractivity contribution is 5.82. The number of hydrogen-bond acceptors (Lipinski definition) is 4. The predicted octanol–water partition coefficient (Wildman–Crippen LogP) is 4.02. The van der Waals surface area contributed by atoms with Crippen molar-refractivity contribution in [3.8, 4) is 0 Å². The Bertz CT molecular complexity index is 410. The standard InChI is InChI=1S/C19H32O4/c1-8-15(14(5)6)17(19(21)22-7)16(9-2)18(20)23-12-10-11-13(3)4/h8,10-11,13-17H,1,9,12H2,2-7H3/b11-10-. The second-order valence-corrected chi connectivity index (χ2v) is 6.42. The summed E-state index contributed by atoms with van der Waals surface area (Å²) in [5, 5.41) is 0. The van der Waals surface area contributed by atoms with Gasteiger partial charge in [0.15, 0.2) is 0 Å². The van der Waals surface area contributed by atoms with Crippen LogP contribution in [0.3, 0.4) is 0 Å². The molecule has 0 heterocycles. The summed E-state index contributed by atoms with van der Waals surface area (Å²) in [4.78, 5) is 24.7. The quantitative estimate of drug-likeness (QED) is 0.450. The van der Waals surface area contributed by atoms with Crippen molar-refractivity contribution >= 4 is 11.9 Å². The first-order valence-corrected chi connectivity index (χ1v) is 8.33. The van der Waals surface area contributed by atoms with Crippen molar-refractivity contribution in [2.45, 2.75) is 41.0 Å². The molecule has 0 N–H and O–H groups in total. The molecule has 0 radical (unpaired) electrons. The minimum Gasteiger partial charge on any atom is -0.469 e. The highest BCUT2D eigenvalue weighted by Crippen LogP contribution is 2.32. The van der Waals surface area contributed by atoms with Crippen LogP contribution in [0.5, 0.6) is 0 Å². The molecule has 0 aromatic carbocycles. The molecule has 132 valence electrons. The summed E-state index contributed by atoms with van der Waals surface area (Å²) in [6.45, 7) is 14.0. The molecule has 0 fully saturated rings. The summed E-state index contributed by atoms with van der Waals surface area (Å²) in [5.41, 5.74) is 0. The van der Waals surface area contributed by atoms with Gasteiger partial charge in [0.1, 0.15) is 6.61 Å². The third kappa shape index (κ3) is 7.02. The second-order valence-electron chi connectivity index (χ2n) is 6.42. The van der Waals surface area contributed by atoms with E-state index in [-0.39, 0.29) is 30.4 Å². The number of carbonyl (C=O) groups is 2. The molecule has 3 unspecified atom stereocenters. The van der Waals surface area contributed by atoms with Crippen LogP contribution in [-0.2, 0) is 19.1 Å². The number of rotatable bonds is 10. The summed E-state index contributed by atoms with van der Waals surface area (Å²) in [6.07, 6.45) is 6.06. The summed E-state index contributed by atoms with van der Waals surface area (Å²) in [7, 11) is 1.35. The van der Waals surface area contributed by atoms with Crippen LogP contribution in [0.25, 0.3) is 0 Å². The molecule has 4 heteroatoms. The first kappa shape index (κ1) is 21.4. The molecule has 0 aromatic rings. The van der Waals surface area contributed by atoms with Crippen LogP contribution in [0.1, 0.15) is 41.0 Å². The van der Waals surface area contributed by atoms with Gasteiger partial charge in [-0.25, -0.2) is 0 Å². The predicted molar refractivity (Wildman–Crippen MR) is 92.7 cm³/mol. The normalized spacial score (nSPS) is 15.5. The average molecular weight is 324 g/mol. The molecule has 0 saturated carbocycles. The van der Waals surface area contributed by atoms with E-state index in [1.54, 1.807) is 6.08 Å². The molecule has 0 aliphatic rings. The first-order valence-electron chi connectivity index (χ1n) is 8.33. The van der Waals surface area contributed by atoms with Gasteiger partial charge in [0.25, 0.3) is 0 Å². The van der Waals surface area contributed by atoms with Gasteiger partial charge in [-0.1, -0.05) is 52.8 Å². The van der Waals surface area contributed by atoms with Crippen LogP contribution >= 0.6 is 0 Å². The number of hydrogen-bond donors (Lipinski definition) is 0. The topological polar surface area (TPSA) is 52.6 Å². The fourth-order valence-electron chi connectivity index (χ4n) is 2.69. The molecular weight excluding hydrogens is 292 g/mol. The Morgan fingerprint density at radius 2 is 1.74 bits per heavy atom. The third-order valence-corrected chi connectivity index (χ3v) is 3.95. The SMILES string of the molecule is C=CC(C(C)C)C(C(=O)OC)C(CC)C(=O)OC/C=C\C(C)C. The van der Waals surface area contributed by atoms with Crippen LogP contribution in [0.4, 0.5) is 0 Å². The fraction of sp³-hybridized carbons (Fsp3) is 0.684. The Hall–Kier alpha value is -1.58. The van der Waals surface area contributed by atoms with Gasteiger partial charge in [0.05, 0.1) is 18.9 Å². The summed E-state index contributed by atoms with van der Waals surface area (Å²) >= 11 is 0. The molecule has 0 bridgehead atoms. The Kier molecular flexibility index (Phi) is 10.3. The zero-order valence-corrected chi connectivity index (χ0v) is 15.4. The summed E-state index contributed by atoms with van der Waals surface area (Å²) < 4.78 is 10.3. The van der Waals surface area contributed by atoms with Crippen LogP contribution in [0, 0.1) is 29.6 Å². The van der Waals surface area contributed by atoms with E-state index < -0.39 is 11.8 Å².